The molecule has 0 amide bonds. The van der Waals surface area contributed by atoms with E-state index in [0.29, 0.717) is 90.1 Å². The topological polar surface area (TPSA) is 362 Å². The maximum absolute atomic E-state index is 12.1. The van der Waals surface area contributed by atoms with E-state index in [-0.39, 0.29) is 154 Å². The summed E-state index contributed by atoms with van der Waals surface area (Å²) in [5.74, 6) is -8.45. The molecule has 1 aliphatic heterocycles. The Kier molecular flexibility index (Phi) is 18.4. The minimum absolute atomic E-state index is 0.0408. The van der Waals surface area contributed by atoms with Gasteiger partial charge < -0.3 is 60.8 Å². The van der Waals surface area contributed by atoms with Crippen molar-refractivity contribution in [3.63, 3.8) is 0 Å². The number of rotatable bonds is 28. The van der Waals surface area contributed by atoms with Crippen molar-refractivity contribution in [1.82, 2.24) is 19.9 Å². The predicted octanol–water partition coefficient (Wildman–Crippen LogP) is 5.37. The highest BCUT2D eigenvalue weighted by atomic mass is 16.4. The number of fused-ring (bicyclic) bond motifs is 8. The monoisotopic (exact) mass is 948 g/mol. The number of hydrogen-bond donors (Lipinski definition) is 12. The van der Waals surface area contributed by atoms with E-state index in [1.807, 2.05) is 0 Å². The van der Waals surface area contributed by atoms with Crippen LogP contribution in [0, 0.1) is 0 Å². The number of carboxylic acids is 8. The van der Waals surface area contributed by atoms with E-state index in [9.17, 15) is 79.2 Å². The van der Waals surface area contributed by atoms with Crippen LogP contribution in [0.1, 0.15) is 167 Å². The van der Waals surface area contributed by atoms with E-state index in [4.69, 9.17) is 0 Å². The van der Waals surface area contributed by atoms with Gasteiger partial charge in [-0.2, -0.15) is 0 Å². The molecule has 4 aromatic heterocycles. The van der Waals surface area contributed by atoms with Gasteiger partial charge in [-0.05, 0) is 122 Å². The van der Waals surface area contributed by atoms with Crippen molar-refractivity contribution in [2.24, 2.45) is 0 Å². The number of aromatic amines is 4. The van der Waals surface area contributed by atoms with Crippen LogP contribution in [0.15, 0.2) is 0 Å². The molecule has 5 heterocycles. The first-order valence-corrected chi connectivity index (χ1v) is 22.9. The molecule has 0 saturated heterocycles. The fourth-order valence-corrected chi connectivity index (χ4v) is 9.71. The summed E-state index contributed by atoms with van der Waals surface area (Å²) in [7, 11) is 0. The Bertz CT molecular complexity index is 2540. The Balaban J connectivity index is 1.88. The van der Waals surface area contributed by atoms with Crippen LogP contribution in [-0.2, 0) is 115 Å². The number of aromatic nitrogens is 4. The number of nitrogens with one attached hydrogen (secondary N) is 4. The van der Waals surface area contributed by atoms with Gasteiger partial charge in [-0.15, -0.1) is 0 Å². The van der Waals surface area contributed by atoms with E-state index in [1.165, 1.54) is 0 Å². The fourth-order valence-electron chi connectivity index (χ4n) is 9.71. The van der Waals surface area contributed by atoms with Gasteiger partial charge in [0, 0.05) is 123 Å². The van der Waals surface area contributed by atoms with Crippen LogP contribution >= 0.6 is 0 Å². The Morgan fingerprint density at radius 1 is 0.250 bits per heavy atom. The number of hydrogen-bond acceptors (Lipinski definition) is 8. The molecule has 12 N–H and O–H groups in total. The molecule has 0 unspecified atom stereocenters. The van der Waals surface area contributed by atoms with Crippen molar-refractivity contribution < 1.29 is 79.2 Å². The van der Waals surface area contributed by atoms with Crippen LogP contribution in [-0.4, -0.2) is 109 Å². The second kappa shape index (κ2) is 24.1. The van der Waals surface area contributed by atoms with Crippen molar-refractivity contribution in [1.29, 1.82) is 0 Å². The normalized spacial score (nSPS) is 12.2. The van der Waals surface area contributed by atoms with Crippen LogP contribution in [0.2, 0.25) is 0 Å². The van der Waals surface area contributed by atoms with Crippen LogP contribution in [0.5, 0.6) is 0 Å². The molecule has 368 valence electrons. The number of H-pyrrole nitrogens is 4. The molecule has 4 aromatic rings. The summed E-state index contributed by atoms with van der Waals surface area (Å²) < 4.78 is 0. The molecule has 20 heteroatoms. The van der Waals surface area contributed by atoms with Gasteiger partial charge in [0.05, 0.1) is 0 Å². The lowest BCUT2D eigenvalue weighted by Crippen LogP contribution is -2.06. The SMILES string of the molecule is O=C(O)CCCc1c2[nH]c(c1CCC(=O)O)Cc1[nH]c(c(CCC(=O)O)c1CCCC(=O)O)Cc1[nH]c(c(CCC(=O)O)c1CCCC(=O)O)Cc1[nH]c(c(CCCC(=O)O)c1CCC(=O)O)C2. The third kappa shape index (κ3) is 14.4. The number of aliphatic carboxylic acids is 8. The molecule has 0 fully saturated rings. The quantitative estimate of drug-likeness (QED) is 0.0300. The van der Waals surface area contributed by atoms with Crippen LogP contribution in [0.3, 0.4) is 0 Å². The second-order valence-electron chi connectivity index (χ2n) is 17.4. The molecule has 68 heavy (non-hydrogen) atoms. The average Bonchev–Trinajstić information content (AvgIpc) is 3.94. The van der Waals surface area contributed by atoms with Crippen LogP contribution in [0.4, 0.5) is 0 Å². The van der Waals surface area contributed by atoms with E-state index >= 15 is 0 Å². The average molecular weight is 949 g/mol. The van der Waals surface area contributed by atoms with Gasteiger partial charge in [0.1, 0.15) is 0 Å². The zero-order valence-electron chi connectivity index (χ0n) is 37.8. The molecule has 1 aliphatic rings. The molecule has 0 radical (unpaired) electrons. The number of carbonyl (C=O) groups is 8. The van der Waals surface area contributed by atoms with Crippen molar-refractivity contribution in [2.45, 2.75) is 154 Å². The van der Waals surface area contributed by atoms with Crippen LogP contribution in [0.25, 0.3) is 0 Å². The van der Waals surface area contributed by atoms with E-state index < -0.39 is 47.8 Å². The third-order valence-electron chi connectivity index (χ3n) is 12.6. The summed E-state index contributed by atoms with van der Waals surface area (Å²) in [6.45, 7) is 0. The number of carboxylic acid groups (broad SMARTS) is 8. The molecule has 0 atom stereocenters. The molecular formula is C48H60N4O16. The molecule has 0 aromatic carbocycles. The summed E-state index contributed by atoms with van der Waals surface area (Å²) in [6, 6.07) is 0. The molecular weight excluding hydrogens is 889 g/mol. The summed E-state index contributed by atoms with van der Waals surface area (Å²) in [5.41, 5.74) is 10.0. The minimum Gasteiger partial charge on any atom is -0.481 e. The van der Waals surface area contributed by atoms with Crippen molar-refractivity contribution in [2.75, 3.05) is 0 Å². The van der Waals surface area contributed by atoms with E-state index in [2.05, 4.69) is 19.9 Å². The Hall–Kier alpha value is -7.12. The summed E-state index contributed by atoms with van der Waals surface area (Å²) >= 11 is 0. The zero-order valence-corrected chi connectivity index (χ0v) is 37.8. The first-order chi connectivity index (χ1) is 32.3. The van der Waals surface area contributed by atoms with Gasteiger partial charge in [0.15, 0.2) is 0 Å². The molecule has 8 bridgehead atoms. The Labute approximate surface area is 390 Å². The third-order valence-corrected chi connectivity index (χ3v) is 12.6. The van der Waals surface area contributed by atoms with Crippen molar-refractivity contribution in [3.05, 3.63) is 90.1 Å². The second-order valence-corrected chi connectivity index (χ2v) is 17.4. The Morgan fingerprint density at radius 3 is 0.544 bits per heavy atom. The molecule has 0 aliphatic carbocycles. The largest absolute Gasteiger partial charge is 0.481 e. The van der Waals surface area contributed by atoms with Crippen molar-refractivity contribution in [3.8, 4) is 0 Å². The van der Waals surface area contributed by atoms with Gasteiger partial charge in [-0.3, -0.25) is 38.4 Å². The van der Waals surface area contributed by atoms with E-state index in [1.54, 1.807) is 0 Å². The molecule has 0 saturated carbocycles. The maximum atomic E-state index is 12.1. The lowest BCUT2D eigenvalue weighted by Gasteiger charge is -2.11. The highest BCUT2D eigenvalue weighted by Crippen LogP contribution is 2.36. The lowest BCUT2D eigenvalue weighted by molar-refractivity contribution is -0.138. The summed E-state index contributed by atoms with van der Waals surface area (Å²) in [6.07, 6.45) is 0.397. The standard InChI is InChI=1S/C48H60N4O16/c53-41(54)9-1-5-25-29(13-17-45(61)62)37-22-35-27(7-3-11-43(57)58)30(14-18-46(63)64)38(51-35)23-36-28(8-4-12-44(59)60)32(16-20-48(67)68)40(52-36)24-39-31(15-19-47(65)66)26(6-2-10-42(55)56)34(50-39)21-33(25)49-37/h49-52H,1-24H2,(H,53,54)(H,55,56)(H,57,58)(H,59,60)(H,61,62)(H,63,64)(H,65,66)(H,67,68). The molecule has 0 spiro atoms. The van der Waals surface area contributed by atoms with Gasteiger partial charge >= 0.3 is 47.8 Å². The summed E-state index contributed by atoms with van der Waals surface area (Å²) in [5, 5.41) is 78.2. The molecule has 5 rings (SSSR count). The van der Waals surface area contributed by atoms with Gasteiger partial charge in [-0.1, -0.05) is 0 Å². The minimum atomic E-state index is -1.08. The zero-order chi connectivity index (χ0) is 49.7. The lowest BCUT2D eigenvalue weighted by atomic mass is 9.91. The fraction of sp³-hybridized carbons (Fsp3) is 0.500. The van der Waals surface area contributed by atoms with Gasteiger partial charge in [0.25, 0.3) is 0 Å². The molecule has 20 nitrogen and oxygen atoms in total. The van der Waals surface area contributed by atoms with Gasteiger partial charge in [-0.25, -0.2) is 0 Å². The first-order valence-electron chi connectivity index (χ1n) is 22.9. The Morgan fingerprint density at radius 2 is 0.397 bits per heavy atom. The smallest absolute Gasteiger partial charge is 0.303 e. The summed E-state index contributed by atoms with van der Waals surface area (Å²) in [4.78, 5) is 110. The highest BCUT2D eigenvalue weighted by Gasteiger charge is 2.29. The highest BCUT2D eigenvalue weighted by molar-refractivity contribution is 5.70. The van der Waals surface area contributed by atoms with Crippen LogP contribution < -0.4 is 0 Å². The van der Waals surface area contributed by atoms with Crippen molar-refractivity contribution >= 4 is 47.8 Å². The maximum Gasteiger partial charge on any atom is 0.303 e. The first kappa shape index (κ1) is 51.9. The van der Waals surface area contributed by atoms with E-state index in [0.717, 1.165) is 0 Å². The predicted molar refractivity (Wildman–Crippen MR) is 241 cm³/mol. The van der Waals surface area contributed by atoms with Gasteiger partial charge in [0.2, 0.25) is 0 Å².